The van der Waals surface area contributed by atoms with Crippen molar-refractivity contribution in [1.29, 1.82) is 0 Å². The van der Waals surface area contributed by atoms with Crippen molar-refractivity contribution in [2.75, 3.05) is 6.61 Å². The summed E-state index contributed by atoms with van der Waals surface area (Å²) in [5.41, 5.74) is 0. The minimum absolute atomic E-state index is 0.364. The molecule has 0 heterocycles. The molecule has 0 saturated heterocycles. The summed E-state index contributed by atoms with van der Waals surface area (Å²) in [5.74, 6) is -0.507. The lowest BCUT2D eigenvalue weighted by Gasteiger charge is -2.21. The molecule has 3 unspecified atom stereocenters. The quantitative estimate of drug-likeness (QED) is 0.0381. The average molecular weight is 692 g/mol. The first-order chi connectivity index (χ1) is 24.1. The Balaban J connectivity index is 3.65. The lowest BCUT2D eigenvalue weighted by Crippen LogP contribution is -2.48. The number of aliphatic hydroxyl groups excluding tert-OH is 3. The minimum atomic E-state index is -1.10. The maximum atomic E-state index is 12.4. The summed E-state index contributed by atoms with van der Waals surface area (Å²) in [6.07, 6.45) is 47.8. The number of carbonyl (C=O) groups is 1. The van der Waals surface area contributed by atoms with Crippen LogP contribution < -0.4 is 5.32 Å². The summed E-state index contributed by atoms with van der Waals surface area (Å²) in [5, 5.41) is 33.1. The fourth-order valence-corrected chi connectivity index (χ4v) is 6.59. The normalized spacial score (nSPS) is 13.8. The molecular formula is C44H85NO4. The van der Waals surface area contributed by atoms with Gasteiger partial charge in [0.25, 0.3) is 0 Å². The molecule has 4 N–H and O–H groups in total. The van der Waals surface area contributed by atoms with E-state index in [1.807, 2.05) is 6.08 Å². The molecule has 1 amide bonds. The first-order valence-corrected chi connectivity index (χ1v) is 21.7. The van der Waals surface area contributed by atoms with Gasteiger partial charge < -0.3 is 20.6 Å². The van der Waals surface area contributed by atoms with Crippen LogP contribution in [0.4, 0.5) is 0 Å². The molecule has 5 nitrogen and oxygen atoms in total. The van der Waals surface area contributed by atoms with Gasteiger partial charge in [0.1, 0.15) is 6.10 Å². The van der Waals surface area contributed by atoms with E-state index in [2.05, 4.69) is 31.3 Å². The molecule has 0 rings (SSSR count). The number of aliphatic hydroxyl groups is 3. The third-order valence-electron chi connectivity index (χ3n) is 10.0. The van der Waals surface area contributed by atoms with Crippen molar-refractivity contribution < 1.29 is 20.1 Å². The van der Waals surface area contributed by atoms with E-state index in [1.54, 1.807) is 6.08 Å². The topological polar surface area (TPSA) is 89.8 Å². The van der Waals surface area contributed by atoms with Gasteiger partial charge in [0, 0.05) is 0 Å². The number of unbranched alkanes of at least 4 members (excludes halogenated alkanes) is 29. The molecular weight excluding hydrogens is 606 g/mol. The molecule has 0 saturated carbocycles. The Morgan fingerprint density at radius 1 is 0.490 bits per heavy atom. The smallest absolute Gasteiger partial charge is 0.249 e. The van der Waals surface area contributed by atoms with Gasteiger partial charge in [-0.3, -0.25) is 4.79 Å². The number of nitrogens with one attached hydrogen (secondary N) is 1. The van der Waals surface area contributed by atoms with E-state index < -0.39 is 24.2 Å². The van der Waals surface area contributed by atoms with Crippen molar-refractivity contribution in [3.05, 3.63) is 24.3 Å². The first-order valence-electron chi connectivity index (χ1n) is 21.7. The molecule has 3 atom stereocenters. The molecule has 0 aliphatic heterocycles. The Bertz CT molecular complexity index is 724. The second kappa shape index (κ2) is 39.6. The molecule has 5 heteroatoms. The number of carbonyl (C=O) groups excluding carboxylic acids is 1. The molecule has 0 fully saturated rings. The number of amides is 1. The lowest BCUT2D eigenvalue weighted by atomic mass is 10.0. The van der Waals surface area contributed by atoms with Crippen LogP contribution >= 0.6 is 0 Å². The largest absolute Gasteiger partial charge is 0.394 e. The minimum Gasteiger partial charge on any atom is -0.394 e. The summed E-state index contributed by atoms with van der Waals surface area (Å²) in [6.45, 7) is 4.18. The van der Waals surface area contributed by atoms with E-state index in [9.17, 15) is 20.1 Å². The van der Waals surface area contributed by atoms with Crippen LogP contribution in [-0.4, -0.2) is 46.1 Å². The van der Waals surface area contributed by atoms with Crippen LogP contribution in [-0.2, 0) is 4.79 Å². The highest BCUT2D eigenvalue weighted by atomic mass is 16.3. The second-order valence-electron chi connectivity index (χ2n) is 14.9. The summed E-state index contributed by atoms with van der Waals surface area (Å²) in [6, 6.07) is -0.797. The molecule has 49 heavy (non-hydrogen) atoms. The monoisotopic (exact) mass is 692 g/mol. The lowest BCUT2D eigenvalue weighted by molar-refractivity contribution is -0.131. The van der Waals surface area contributed by atoms with E-state index in [1.165, 1.54) is 173 Å². The van der Waals surface area contributed by atoms with E-state index >= 15 is 0 Å². The van der Waals surface area contributed by atoms with Gasteiger partial charge in [-0.15, -0.1) is 0 Å². The molecule has 0 aromatic rings. The standard InChI is InChI=1S/C44H85NO4/c1-3-5-7-9-11-13-15-17-18-19-20-21-22-23-24-25-27-29-31-33-35-37-39-43(48)44(49)45-41(40-46)42(47)38-36-34-32-30-28-26-16-14-12-10-8-6-4-2/h23-24,36,38,41-43,46-48H,3-22,25-35,37,39-40H2,1-2H3,(H,45,49)/b24-23-,38-36+. The number of allylic oxidation sites excluding steroid dienone is 3. The van der Waals surface area contributed by atoms with Crippen molar-refractivity contribution in [1.82, 2.24) is 5.32 Å². The van der Waals surface area contributed by atoms with Crippen LogP contribution in [0.15, 0.2) is 24.3 Å². The third-order valence-corrected chi connectivity index (χ3v) is 10.0. The zero-order valence-corrected chi connectivity index (χ0v) is 32.8. The molecule has 0 bridgehead atoms. The van der Waals surface area contributed by atoms with Crippen LogP contribution in [0.1, 0.15) is 226 Å². The van der Waals surface area contributed by atoms with Crippen LogP contribution in [0.5, 0.6) is 0 Å². The predicted molar refractivity (Wildman–Crippen MR) is 213 cm³/mol. The zero-order valence-electron chi connectivity index (χ0n) is 32.8. The summed E-state index contributed by atoms with van der Waals surface area (Å²) in [4.78, 5) is 12.4. The fraction of sp³-hybridized carbons (Fsp3) is 0.886. The van der Waals surface area contributed by atoms with Gasteiger partial charge in [0.05, 0.1) is 18.8 Å². The number of hydrogen-bond donors (Lipinski definition) is 4. The highest BCUT2D eigenvalue weighted by Gasteiger charge is 2.22. The van der Waals surface area contributed by atoms with E-state index in [-0.39, 0.29) is 6.61 Å². The number of rotatable bonds is 39. The van der Waals surface area contributed by atoms with Gasteiger partial charge in [-0.2, -0.15) is 0 Å². The Labute approximate surface area is 305 Å². The van der Waals surface area contributed by atoms with Gasteiger partial charge in [0.2, 0.25) is 5.91 Å². The SMILES string of the molecule is CCCCCCCCCCCCC/C=C/C(O)C(CO)NC(=O)C(O)CCCCCCCC/C=C\CCCCCCCCCCCCCC. The van der Waals surface area contributed by atoms with Crippen LogP contribution in [0.3, 0.4) is 0 Å². The molecule has 0 radical (unpaired) electrons. The van der Waals surface area contributed by atoms with Crippen molar-refractivity contribution in [2.24, 2.45) is 0 Å². The highest BCUT2D eigenvalue weighted by molar-refractivity contribution is 5.80. The summed E-state index contributed by atoms with van der Waals surface area (Å²) < 4.78 is 0. The average Bonchev–Trinajstić information content (AvgIpc) is 3.11. The van der Waals surface area contributed by atoms with Gasteiger partial charge in [0.15, 0.2) is 0 Å². The Hall–Kier alpha value is -1.17. The van der Waals surface area contributed by atoms with Crippen LogP contribution in [0.2, 0.25) is 0 Å². The molecule has 0 aliphatic carbocycles. The van der Waals surface area contributed by atoms with Gasteiger partial charge in [-0.1, -0.05) is 205 Å². The van der Waals surface area contributed by atoms with E-state index in [0.29, 0.717) is 6.42 Å². The van der Waals surface area contributed by atoms with E-state index in [4.69, 9.17) is 0 Å². The van der Waals surface area contributed by atoms with Crippen molar-refractivity contribution in [3.63, 3.8) is 0 Å². The van der Waals surface area contributed by atoms with Gasteiger partial charge in [-0.05, 0) is 44.9 Å². The summed E-state index contributed by atoms with van der Waals surface area (Å²) >= 11 is 0. The molecule has 0 spiro atoms. The Kier molecular flexibility index (Phi) is 38.7. The maximum Gasteiger partial charge on any atom is 0.249 e. The Morgan fingerprint density at radius 3 is 1.18 bits per heavy atom. The van der Waals surface area contributed by atoms with Crippen LogP contribution in [0.25, 0.3) is 0 Å². The fourth-order valence-electron chi connectivity index (χ4n) is 6.59. The predicted octanol–water partition coefficient (Wildman–Crippen LogP) is 12.2. The number of hydrogen-bond acceptors (Lipinski definition) is 4. The second-order valence-corrected chi connectivity index (χ2v) is 14.9. The molecule has 0 aliphatic rings. The first kappa shape index (κ1) is 47.8. The molecule has 0 aromatic carbocycles. The van der Waals surface area contributed by atoms with Crippen molar-refractivity contribution >= 4 is 5.91 Å². The van der Waals surface area contributed by atoms with Gasteiger partial charge in [-0.25, -0.2) is 0 Å². The third kappa shape index (κ3) is 35.0. The van der Waals surface area contributed by atoms with Crippen LogP contribution in [0, 0.1) is 0 Å². The molecule has 0 aromatic heterocycles. The van der Waals surface area contributed by atoms with Crippen molar-refractivity contribution in [2.45, 2.75) is 244 Å². The maximum absolute atomic E-state index is 12.4. The Morgan fingerprint density at radius 2 is 0.816 bits per heavy atom. The summed E-state index contributed by atoms with van der Waals surface area (Å²) in [7, 11) is 0. The molecule has 290 valence electrons. The van der Waals surface area contributed by atoms with E-state index in [0.717, 1.165) is 32.1 Å². The van der Waals surface area contributed by atoms with Crippen molar-refractivity contribution in [3.8, 4) is 0 Å². The van der Waals surface area contributed by atoms with Gasteiger partial charge >= 0.3 is 0 Å². The zero-order chi connectivity index (χ0) is 35.9. The highest BCUT2D eigenvalue weighted by Crippen LogP contribution is 2.15.